The highest BCUT2D eigenvalue weighted by Gasteiger charge is 2.02. The van der Waals surface area contributed by atoms with Gasteiger partial charge in [0.15, 0.2) is 5.82 Å². The van der Waals surface area contributed by atoms with Crippen LogP contribution in [-0.4, -0.2) is 15.2 Å². The van der Waals surface area contributed by atoms with Crippen molar-refractivity contribution in [2.24, 2.45) is 0 Å². The van der Waals surface area contributed by atoms with Gasteiger partial charge in [0.1, 0.15) is 11.5 Å². The van der Waals surface area contributed by atoms with Crippen LogP contribution >= 0.6 is 11.9 Å². The molecule has 6 heteroatoms. The SMILES string of the molecule is Fc1ccc(SNc2ccc(-c3ccccn3)nn2)cc1. The summed E-state index contributed by atoms with van der Waals surface area (Å²) in [5.74, 6) is 0.378. The Balaban J connectivity index is 1.66. The average molecular weight is 298 g/mol. The van der Waals surface area contributed by atoms with Crippen molar-refractivity contribution in [1.29, 1.82) is 0 Å². The molecule has 1 aromatic carbocycles. The summed E-state index contributed by atoms with van der Waals surface area (Å²) in [6.07, 6.45) is 1.72. The second-order valence-corrected chi connectivity index (χ2v) is 5.06. The van der Waals surface area contributed by atoms with Crippen LogP contribution < -0.4 is 4.72 Å². The lowest BCUT2D eigenvalue weighted by atomic mass is 10.2. The molecule has 2 aromatic heterocycles. The predicted octanol–water partition coefficient (Wildman–Crippen LogP) is 3.80. The van der Waals surface area contributed by atoms with Crippen molar-refractivity contribution < 1.29 is 4.39 Å². The number of nitrogens with zero attached hydrogens (tertiary/aromatic N) is 3. The first-order chi connectivity index (χ1) is 10.3. The van der Waals surface area contributed by atoms with E-state index in [9.17, 15) is 4.39 Å². The van der Waals surface area contributed by atoms with Crippen LogP contribution in [0.3, 0.4) is 0 Å². The van der Waals surface area contributed by atoms with E-state index < -0.39 is 0 Å². The maximum atomic E-state index is 12.8. The normalized spacial score (nSPS) is 10.3. The van der Waals surface area contributed by atoms with E-state index in [4.69, 9.17) is 0 Å². The van der Waals surface area contributed by atoms with Crippen LogP contribution in [0.4, 0.5) is 10.2 Å². The molecule has 3 aromatic rings. The lowest BCUT2D eigenvalue weighted by Crippen LogP contribution is -1.95. The number of aromatic nitrogens is 3. The zero-order valence-electron chi connectivity index (χ0n) is 10.9. The van der Waals surface area contributed by atoms with Gasteiger partial charge in [-0.1, -0.05) is 6.07 Å². The van der Waals surface area contributed by atoms with Crippen molar-refractivity contribution in [2.75, 3.05) is 4.72 Å². The molecule has 0 amide bonds. The standard InChI is InChI=1S/C15H11FN4S/c16-11-4-6-12(7-5-11)21-20-15-9-8-14(18-19-15)13-3-1-2-10-17-13/h1-10H,(H,19,20). The van der Waals surface area contributed by atoms with Crippen LogP contribution in [0.15, 0.2) is 65.7 Å². The van der Waals surface area contributed by atoms with Crippen molar-refractivity contribution in [3.05, 3.63) is 66.6 Å². The summed E-state index contributed by atoms with van der Waals surface area (Å²) in [7, 11) is 0. The van der Waals surface area contributed by atoms with Crippen LogP contribution in [0, 0.1) is 5.82 Å². The summed E-state index contributed by atoms with van der Waals surface area (Å²) >= 11 is 1.35. The van der Waals surface area contributed by atoms with Gasteiger partial charge in [0.2, 0.25) is 0 Å². The van der Waals surface area contributed by atoms with Gasteiger partial charge in [0.25, 0.3) is 0 Å². The van der Waals surface area contributed by atoms with Gasteiger partial charge in [-0.05, 0) is 60.5 Å². The van der Waals surface area contributed by atoms with E-state index in [1.165, 1.54) is 24.1 Å². The number of rotatable bonds is 4. The Labute approximate surface area is 125 Å². The average Bonchev–Trinajstić information content (AvgIpc) is 2.56. The highest BCUT2D eigenvalue weighted by Crippen LogP contribution is 2.20. The summed E-state index contributed by atoms with van der Waals surface area (Å²) < 4.78 is 15.9. The van der Waals surface area contributed by atoms with Gasteiger partial charge in [-0.2, -0.15) is 0 Å². The molecule has 21 heavy (non-hydrogen) atoms. The molecule has 0 bridgehead atoms. The lowest BCUT2D eigenvalue weighted by Gasteiger charge is -2.04. The number of benzene rings is 1. The molecule has 0 aliphatic carbocycles. The van der Waals surface area contributed by atoms with Gasteiger partial charge in [-0.3, -0.25) is 4.98 Å². The molecule has 0 aliphatic heterocycles. The monoisotopic (exact) mass is 298 g/mol. The minimum absolute atomic E-state index is 0.251. The van der Waals surface area contributed by atoms with Crippen molar-refractivity contribution in [3.8, 4) is 11.4 Å². The summed E-state index contributed by atoms with van der Waals surface area (Å²) in [5.41, 5.74) is 1.50. The number of hydrogen-bond donors (Lipinski definition) is 1. The van der Waals surface area contributed by atoms with Crippen LogP contribution in [-0.2, 0) is 0 Å². The molecule has 0 spiro atoms. The fourth-order valence-electron chi connectivity index (χ4n) is 1.65. The molecule has 0 saturated carbocycles. The largest absolute Gasteiger partial charge is 0.309 e. The second-order valence-electron chi connectivity index (χ2n) is 4.18. The van der Waals surface area contributed by atoms with Crippen molar-refractivity contribution in [2.45, 2.75) is 4.90 Å². The van der Waals surface area contributed by atoms with Crippen LogP contribution in [0.5, 0.6) is 0 Å². The van der Waals surface area contributed by atoms with Crippen molar-refractivity contribution in [3.63, 3.8) is 0 Å². The minimum Gasteiger partial charge on any atom is -0.309 e. The molecular weight excluding hydrogens is 287 g/mol. The zero-order valence-corrected chi connectivity index (χ0v) is 11.7. The molecule has 1 N–H and O–H groups in total. The van der Waals surface area contributed by atoms with E-state index in [0.29, 0.717) is 11.5 Å². The third kappa shape index (κ3) is 3.55. The third-order valence-electron chi connectivity index (χ3n) is 2.68. The van der Waals surface area contributed by atoms with Gasteiger partial charge in [0, 0.05) is 11.1 Å². The molecule has 2 heterocycles. The number of nitrogens with one attached hydrogen (secondary N) is 1. The zero-order chi connectivity index (χ0) is 14.5. The molecular formula is C15H11FN4S. The molecule has 0 aliphatic rings. The Hall–Kier alpha value is -2.47. The van der Waals surface area contributed by atoms with Gasteiger partial charge in [-0.25, -0.2) is 4.39 Å². The highest BCUT2D eigenvalue weighted by atomic mass is 32.2. The summed E-state index contributed by atoms with van der Waals surface area (Å²) in [6.45, 7) is 0. The van der Waals surface area contributed by atoms with Crippen molar-refractivity contribution in [1.82, 2.24) is 15.2 Å². The van der Waals surface area contributed by atoms with E-state index in [2.05, 4.69) is 19.9 Å². The van der Waals surface area contributed by atoms with Crippen molar-refractivity contribution >= 4 is 17.8 Å². The molecule has 4 nitrogen and oxygen atoms in total. The Kier molecular flexibility index (Phi) is 4.07. The fraction of sp³-hybridized carbons (Fsp3) is 0. The molecule has 0 saturated heterocycles. The molecule has 3 rings (SSSR count). The summed E-state index contributed by atoms with van der Waals surface area (Å²) in [5, 5.41) is 8.22. The van der Waals surface area contributed by atoms with Gasteiger partial charge >= 0.3 is 0 Å². The maximum Gasteiger partial charge on any atom is 0.158 e. The molecule has 0 radical (unpaired) electrons. The maximum absolute atomic E-state index is 12.8. The topological polar surface area (TPSA) is 50.7 Å². The van der Waals surface area contributed by atoms with Crippen LogP contribution in [0.1, 0.15) is 0 Å². The number of halogens is 1. The first kappa shape index (κ1) is 13.5. The second kappa shape index (κ2) is 6.32. The fourth-order valence-corrected chi connectivity index (χ4v) is 2.25. The summed E-state index contributed by atoms with van der Waals surface area (Å²) in [4.78, 5) is 5.11. The first-order valence-electron chi connectivity index (χ1n) is 6.25. The minimum atomic E-state index is -0.251. The van der Waals surface area contributed by atoms with E-state index in [1.54, 1.807) is 18.3 Å². The summed E-state index contributed by atoms with van der Waals surface area (Å²) in [6, 6.07) is 15.5. The molecule has 104 valence electrons. The highest BCUT2D eigenvalue weighted by molar-refractivity contribution is 8.00. The Morgan fingerprint density at radius 3 is 2.38 bits per heavy atom. The smallest absolute Gasteiger partial charge is 0.158 e. The Bertz CT molecular complexity index is 702. The van der Waals surface area contributed by atoms with Crippen LogP contribution in [0.2, 0.25) is 0 Å². The molecule has 0 atom stereocenters. The van der Waals surface area contributed by atoms with Crippen LogP contribution in [0.25, 0.3) is 11.4 Å². The third-order valence-corrected chi connectivity index (χ3v) is 3.50. The number of pyridine rings is 1. The van der Waals surface area contributed by atoms with Gasteiger partial charge < -0.3 is 4.72 Å². The first-order valence-corrected chi connectivity index (χ1v) is 7.06. The van der Waals surface area contributed by atoms with E-state index in [0.717, 1.165) is 10.6 Å². The van der Waals surface area contributed by atoms with Gasteiger partial charge in [0.05, 0.1) is 5.69 Å². The molecule has 0 fully saturated rings. The Morgan fingerprint density at radius 2 is 1.71 bits per heavy atom. The lowest BCUT2D eigenvalue weighted by molar-refractivity contribution is 0.626. The quantitative estimate of drug-likeness (QED) is 0.742. The number of anilines is 1. The van der Waals surface area contributed by atoms with Gasteiger partial charge in [-0.15, -0.1) is 10.2 Å². The predicted molar refractivity (Wildman–Crippen MR) is 81.1 cm³/mol. The van der Waals surface area contributed by atoms with E-state index >= 15 is 0 Å². The number of hydrogen-bond acceptors (Lipinski definition) is 5. The molecule has 0 unspecified atom stereocenters. The van der Waals surface area contributed by atoms with E-state index in [1.807, 2.05) is 30.3 Å². The Morgan fingerprint density at radius 1 is 0.857 bits per heavy atom. The van der Waals surface area contributed by atoms with E-state index in [-0.39, 0.29) is 5.82 Å².